The molecule has 0 aliphatic carbocycles. The fraction of sp³-hybridized carbons (Fsp3) is 0.154. The van der Waals surface area contributed by atoms with Gasteiger partial charge in [0.15, 0.2) is 17.4 Å². The number of halogens is 2. The van der Waals surface area contributed by atoms with Crippen LogP contribution in [0.25, 0.3) is 0 Å². The number of aryl methyl sites for hydroxylation is 1. The van der Waals surface area contributed by atoms with Crippen LogP contribution in [0.3, 0.4) is 0 Å². The van der Waals surface area contributed by atoms with Gasteiger partial charge in [0.05, 0.1) is 6.04 Å². The van der Waals surface area contributed by atoms with E-state index in [2.05, 4.69) is 10.6 Å². The van der Waals surface area contributed by atoms with Crippen molar-refractivity contribution in [3.63, 3.8) is 0 Å². The maximum absolute atomic E-state index is 13.8. The average Bonchev–Trinajstić information content (AvgIpc) is 2.82. The smallest absolute Gasteiger partial charge is 0.271 e. The van der Waals surface area contributed by atoms with Crippen molar-refractivity contribution in [2.75, 3.05) is 5.32 Å². The van der Waals surface area contributed by atoms with Gasteiger partial charge in [0.25, 0.3) is 10.9 Å². The summed E-state index contributed by atoms with van der Waals surface area (Å²) in [6.07, 6.45) is 0. The van der Waals surface area contributed by atoms with Gasteiger partial charge in [0, 0.05) is 11.7 Å². The number of nitrogens with one attached hydrogen (secondary N) is 2. The molecule has 2 atom stereocenters. The highest BCUT2D eigenvalue weighted by molar-refractivity contribution is 5.69. The van der Waals surface area contributed by atoms with Gasteiger partial charge in [-0.15, -0.1) is 0 Å². The van der Waals surface area contributed by atoms with Crippen molar-refractivity contribution in [3.8, 4) is 5.75 Å². The van der Waals surface area contributed by atoms with Gasteiger partial charge in [-0.25, -0.2) is 8.78 Å². The Balaban J connectivity index is 1.68. The molecule has 0 saturated heterocycles. The molecule has 0 heterocycles. The fourth-order valence-corrected chi connectivity index (χ4v) is 3.71. The number of rotatable bonds is 7. The summed E-state index contributed by atoms with van der Waals surface area (Å²) in [5.74, 6) is -2.39. The van der Waals surface area contributed by atoms with Gasteiger partial charge in [-0.3, -0.25) is 14.9 Å². The highest BCUT2D eigenvalue weighted by atomic mass is 19.2. The number of benzene rings is 3. The van der Waals surface area contributed by atoms with Gasteiger partial charge in [-0.1, -0.05) is 48.0 Å². The lowest BCUT2D eigenvalue weighted by Gasteiger charge is -2.25. The van der Waals surface area contributed by atoms with E-state index in [-0.39, 0.29) is 17.8 Å². The molecule has 7 heteroatoms. The standard InChI is InChI=1S/C26H22F2N2O3/c1-14-6-8-16(9-7-14)22(29-15(2)17-10-11-20(27)21(28)13-17)18-4-3-5-19(12-18)30-23-24(31)26(33)25(23)32/h3-13,15,22,29-31H,1-2H3/t15-,22?/m1/s1. The van der Waals surface area contributed by atoms with Crippen LogP contribution in [0, 0.1) is 18.6 Å². The van der Waals surface area contributed by atoms with E-state index in [9.17, 15) is 23.5 Å². The summed E-state index contributed by atoms with van der Waals surface area (Å²) in [5.41, 5.74) is 2.18. The second-order valence-electron chi connectivity index (χ2n) is 8.04. The van der Waals surface area contributed by atoms with Crippen molar-refractivity contribution in [1.82, 2.24) is 5.32 Å². The van der Waals surface area contributed by atoms with Crippen LogP contribution in [0.1, 0.15) is 41.3 Å². The zero-order chi connectivity index (χ0) is 23.7. The first-order valence-corrected chi connectivity index (χ1v) is 10.4. The van der Waals surface area contributed by atoms with E-state index in [0.717, 1.165) is 22.8 Å². The molecule has 0 amide bonds. The fourth-order valence-electron chi connectivity index (χ4n) is 3.71. The third-order valence-electron chi connectivity index (χ3n) is 5.65. The van der Waals surface area contributed by atoms with Crippen LogP contribution in [0.4, 0.5) is 20.2 Å². The normalized spacial score (nSPS) is 13.1. The summed E-state index contributed by atoms with van der Waals surface area (Å²) in [6, 6.07) is 18.3. The second kappa shape index (κ2) is 8.96. The molecule has 0 aliphatic rings. The molecule has 0 aliphatic heterocycles. The van der Waals surface area contributed by atoms with E-state index in [1.807, 2.05) is 44.2 Å². The Morgan fingerprint density at radius 1 is 0.818 bits per heavy atom. The van der Waals surface area contributed by atoms with Crippen molar-refractivity contribution in [2.45, 2.75) is 25.9 Å². The number of hydrogen-bond donors (Lipinski definition) is 3. The number of aromatic hydroxyl groups is 1. The van der Waals surface area contributed by atoms with E-state index in [1.165, 1.54) is 12.1 Å². The molecule has 0 radical (unpaired) electrons. The minimum absolute atomic E-state index is 0.132. The largest absolute Gasteiger partial charge is 0.502 e. The van der Waals surface area contributed by atoms with Gasteiger partial charge in [0.2, 0.25) is 0 Å². The lowest BCUT2D eigenvalue weighted by Crippen LogP contribution is -2.32. The Kier molecular flexibility index (Phi) is 6.07. The molecule has 5 nitrogen and oxygen atoms in total. The molecule has 0 fully saturated rings. The Morgan fingerprint density at radius 3 is 2.18 bits per heavy atom. The van der Waals surface area contributed by atoms with Crippen molar-refractivity contribution < 1.29 is 13.9 Å². The van der Waals surface area contributed by atoms with Gasteiger partial charge in [0.1, 0.15) is 5.69 Å². The molecule has 0 spiro atoms. The monoisotopic (exact) mass is 448 g/mol. The average molecular weight is 448 g/mol. The quantitative estimate of drug-likeness (QED) is 0.356. The summed E-state index contributed by atoms with van der Waals surface area (Å²) in [7, 11) is 0. The molecule has 4 aromatic carbocycles. The first-order chi connectivity index (χ1) is 15.7. The molecule has 0 bridgehead atoms. The summed E-state index contributed by atoms with van der Waals surface area (Å²) in [4.78, 5) is 23.0. The van der Waals surface area contributed by atoms with Gasteiger partial charge >= 0.3 is 0 Å². The maximum Gasteiger partial charge on any atom is 0.271 e. The van der Waals surface area contributed by atoms with Crippen LogP contribution in [-0.4, -0.2) is 5.11 Å². The summed E-state index contributed by atoms with van der Waals surface area (Å²) in [6.45, 7) is 3.84. The zero-order valence-corrected chi connectivity index (χ0v) is 18.0. The van der Waals surface area contributed by atoms with Crippen LogP contribution < -0.4 is 21.5 Å². The molecule has 4 aromatic rings. The molecule has 0 aromatic heterocycles. The van der Waals surface area contributed by atoms with Crippen LogP contribution in [0.15, 0.2) is 76.3 Å². The lowest BCUT2D eigenvalue weighted by atomic mass is 9.95. The molecule has 33 heavy (non-hydrogen) atoms. The Bertz CT molecular complexity index is 1380. The van der Waals surface area contributed by atoms with Gasteiger partial charge in [-0.05, 0) is 54.8 Å². The highest BCUT2D eigenvalue weighted by Crippen LogP contribution is 2.30. The predicted octanol–water partition coefficient (Wildman–Crippen LogP) is 4.76. The third-order valence-corrected chi connectivity index (χ3v) is 5.65. The van der Waals surface area contributed by atoms with Crippen molar-refractivity contribution in [1.29, 1.82) is 0 Å². The second-order valence-corrected chi connectivity index (χ2v) is 8.04. The van der Waals surface area contributed by atoms with E-state index >= 15 is 0 Å². The summed E-state index contributed by atoms with van der Waals surface area (Å²) in [5, 5.41) is 15.9. The van der Waals surface area contributed by atoms with Gasteiger partial charge < -0.3 is 10.4 Å². The Hall–Kier alpha value is -3.84. The molecule has 4 rings (SSSR count). The zero-order valence-electron chi connectivity index (χ0n) is 18.0. The van der Waals surface area contributed by atoms with Gasteiger partial charge in [-0.2, -0.15) is 0 Å². The van der Waals surface area contributed by atoms with Crippen LogP contribution in [0.2, 0.25) is 0 Å². The number of hydrogen-bond acceptors (Lipinski definition) is 5. The molecule has 3 N–H and O–H groups in total. The van der Waals surface area contributed by atoms with E-state index in [1.54, 1.807) is 18.2 Å². The topological polar surface area (TPSA) is 78.4 Å². The highest BCUT2D eigenvalue weighted by Gasteiger charge is 2.22. The maximum atomic E-state index is 13.8. The van der Waals surface area contributed by atoms with E-state index in [4.69, 9.17) is 0 Å². The Morgan fingerprint density at radius 2 is 1.52 bits per heavy atom. The van der Waals surface area contributed by atoms with Crippen LogP contribution in [0.5, 0.6) is 5.75 Å². The van der Waals surface area contributed by atoms with Crippen molar-refractivity contribution >= 4 is 11.4 Å². The summed E-state index contributed by atoms with van der Waals surface area (Å²) < 4.78 is 27.2. The molecular formula is C26H22F2N2O3. The van der Waals surface area contributed by atoms with Crippen molar-refractivity contribution in [3.05, 3.63) is 121 Å². The minimum atomic E-state index is -0.910. The van der Waals surface area contributed by atoms with Crippen LogP contribution in [-0.2, 0) is 0 Å². The molecule has 0 saturated carbocycles. The van der Waals surface area contributed by atoms with Crippen molar-refractivity contribution in [2.24, 2.45) is 0 Å². The van der Waals surface area contributed by atoms with Crippen LogP contribution >= 0.6 is 0 Å². The first-order valence-electron chi connectivity index (χ1n) is 10.4. The Labute approximate surface area is 189 Å². The molecule has 168 valence electrons. The minimum Gasteiger partial charge on any atom is -0.502 e. The molecular weight excluding hydrogens is 426 g/mol. The SMILES string of the molecule is Cc1ccc(C(N[C@H](C)c2ccc(F)c(F)c2)c2cccc(Nc3c(O)c(=O)c3=O)c2)cc1. The van der Waals surface area contributed by atoms with E-state index in [0.29, 0.717) is 11.3 Å². The van der Waals surface area contributed by atoms with E-state index < -0.39 is 28.2 Å². The molecule has 1 unspecified atom stereocenters. The number of anilines is 2. The summed E-state index contributed by atoms with van der Waals surface area (Å²) >= 11 is 0. The predicted molar refractivity (Wildman–Crippen MR) is 124 cm³/mol. The first kappa shape index (κ1) is 22.4. The third kappa shape index (κ3) is 4.54. The lowest BCUT2D eigenvalue weighted by molar-refractivity contribution is 0.466.